The molecule has 0 aromatic rings. The van der Waals surface area contributed by atoms with Crippen LogP contribution in [0.3, 0.4) is 0 Å². The zero-order chi connectivity index (χ0) is 8.48. The van der Waals surface area contributed by atoms with Crippen molar-refractivity contribution in [3.63, 3.8) is 0 Å². The van der Waals surface area contributed by atoms with Gasteiger partial charge in [-0.15, -0.1) is 0 Å². The Morgan fingerprint density at radius 3 is 2.45 bits per heavy atom. The summed E-state index contributed by atoms with van der Waals surface area (Å²) < 4.78 is 5.64. The van der Waals surface area contributed by atoms with Gasteiger partial charge in [0, 0.05) is 12.0 Å². The van der Waals surface area contributed by atoms with Gasteiger partial charge < -0.3 is 4.74 Å². The van der Waals surface area contributed by atoms with E-state index in [0.717, 1.165) is 13.2 Å². The molecule has 2 heteroatoms. The fraction of sp³-hybridized carbons (Fsp3) is 1.00. The molecule has 0 aromatic heterocycles. The van der Waals surface area contributed by atoms with Crippen molar-refractivity contribution in [3.05, 3.63) is 0 Å². The molecule has 0 radical (unpaired) electrons. The van der Waals surface area contributed by atoms with E-state index >= 15 is 0 Å². The van der Waals surface area contributed by atoms with E-state index in [1.807, 2.05) is 0 Å². The number of nitrogens with one attached hydrogen (secondary N) is 1. The Balaban J connectivity index is 2.36. The third kappa shape index (κ3) is 2.46. The largest absolute Gasteiger partial charge is 0.362 e. The second-order valence-electron chi connectivity index (χ2n) is 4.52. The van der Waals surface area contributed by atoms with Crippen LogP contribution in [0.25, 0.3) is 0 Å². The maximum absolute atomic E-state index is 5.64. The highest BCUT2D eigenvalue weighted by atomic mass is 16.5. The number of rotatable bonds is 1. The van der Waals surface area contributed by atoms with E-state index in [9.17, 15) is 0 Å². The molecule has 2 nitrogen and oxygen atoms in total. The molecule has 1 atom stereocenters. The summed E-state index contributed by atoms with van der Waals surface area (Å²) in [5, 5.41) is 3.39. The van der Waals surface area contributed by atoms with E-state index in [1.54, 1.807) is 0 Å². The lowest BCUT2D eigenvalue weighted by Crippen LogP contribution is -2.49. The standard InChI is InChI=1S/C9H19NO/c1-7(2)8-10-5-9(3,4)6-11-8/h7-8,10H,5-6H2,1-4H3. The number of hydrogen-bond acceptors (Lipinski definition) is 2. The molecular formula is C9H19NO. The SMILES string of the molecule is CC(C)C1NCC(C)(C)CO1. The van der Waals surface area contributed by atoms with E-state index < -0.39 is 0 Å². The van der Waals surface area contributed by atoms with E-state index in [-0.39, 0.29) is 6.23 Å². The summed E-state index contributed by atoms with van der Waals surface area (Å²) >= 11 is 0. The van der Waals surface area contributed by atoms with Crippen LogP contribution in [0.2, 0.25) is 0 Å². The average Bonchev–Trinajstić information content (AvgIpc) is 1.86. The Bertz CT molecular complexity index is 122. The number of hydrogen-bond donors (Lipinski definition) is 1. The minimum Gasteiger partial charge on any atom is -0.362 e. The van der Waals surface area contributed by atoms with Crippen molar-refractivity contribution in [2.24, 2.45) is 11.3 Å². The lowest BCUT2D eigenvalue weighted by Gasteiger charge is -2.37. The molecule has 0 amide bonds. The third-order valence-corrected chi connectivity index (χ3v) is 2.04. The molecule has 1 fully saturated rings. The first kappa shape index (κ1) is 9.01. The quantitative estimate of drug-likeness (QED) is 0.624. The van der Waals surface area contributed by atoms with Crippen molar-refractivity contribution in [1.29, 1.82) is 0 Å². The molecule has 0 bridgehead atoms. The van der Waals surface area contributed by atoms with Crippen molar-refractivity contribution in [3.8, 4) is 0 Å². The molecule has 1 saturated heterocycles. The van der Waals surface area contributed by atoms with Crippen molar-refractivity contribution in [1.82, 2.24) is 5.32 Å². The van der Waals surface area contributed by atoms with Gasteiger partial charge in [0.05, 0.1) is 6.61 Å². The van der Waals surface area contributed by atoms with Crippen molar-refractivity contribution >= 4 is 0 Å². The van der Waals surface area contributed by atoms with Crippen molar-refractivity contribution < 1.29 is 4.74 Å². The van der Waals surface area contributed by atoms with E-state index in [1.165, 1.54) is 0 Å². The smallest absolute Gasteiger partial charge is 0.110 e. The van der Waals surface area contributed by atoms with Crippen LogP contribution in [0.4, 0.5) is 0 Å². The lowest BCUT2D eigenvalue weighted by atomic mass is 9.93. The molecule has 1 heterocycles. The Kier molecular flexibility index (Phi) is 2.55. The highest BCUT2D eigenvalue weighted by Crippen LogP contribution is 2.21. The second kappa shape index (κ2) is 3.11. The van der Waals surface area contributed by atoms with Gasteiger partial charge >= 0.3 is 0 Å². The topological polar surface area (TPSA) is 21.3 Å². The fourth-order valence-electron chi connectivity index (χ4n) is 1.23. The first-order chi connectivity index (χ1) is 5.01. The van der Waals surface area contributed by atoms with Crippen LogP contribution in [-0.2, 0) is 4.74 Å². The van der Waals surface area contributed by atoms with E-state index in [4.69, 9.17) is 4.74 Å². The first-order valence-corrected chi connectivity index (χ1v) is 4.36. The molecule has 1 rings (SSSR count). The molecule has 1 unspecified atom stereocenters. The Morgan fingerprint density at radius 2 is 2.09 bits per heavy atom. The summed E-state index contributed by atoms with van der Waals surface area (Å²) in [6, 6.07) is 0. The Hall–Kier alpha value is -0.0800. The molecule has 1 N–H and O–H groups in total. The van der Waals surface area contributed by atoms with Crippen molar-refractivity contribution in [2.75, 3.05) is 13.2 Å². The molecule has 66 valence electrons. The predicted octanol–water partition coefficient (Wildman–Crippen LogP) is 1.61. The van der Waals surface area contributed by atoms with Crippen LogP contribution in [0.5, 0.6) is 0 Å². The Labute approximate surface area is 69.3 Å². The van der Waals surface area contributed by atoms with Gasteiger partial charge in [-0.05, 0) is 5.92 Å². The van der Waals surface area contributed by atoms with Gasteiger partial charge in [0.1, 0.15) is 6.23 Å². The lowest BCUT2D eigenvalue weighted by molar-refractivity contribution is -0.0781. The molecule has 0 aliphatic carbocycles. The first-order valence-electron chi connectivity index (χ1n) is 4.36. The van der Waals surface area contributed by atoms with Crippen LogP contribution in [0, 0.1) is 11.3 Å². The molecule has 1 aliphatic heterocycles. The Morgan fingerprint density at radius 1 is 1.45 bits per heavy atom. The third-order valence-electron chi connectivity index (χ3n) is 2.04. The van der Waals surface area contributed by atoms with Gasteiger partial charge in [-0.2, -0.15) is 0 Å². The summed E-state index contributed by atoms with van der Waals surface area (Å²) in [7, 11) is 0. The van der Waals surface area contributed by atoms with Crippen LogP contribution in [0.15, 0.2) is 0 Å². The average molecular weight is 157 g/mol. The molecule has 0 aromatic carbocycles. The van der Waals surface area contributed by atoms with E-state index in [0.29, 0.717) is 11.3 Å². The summed E-state index contributed by atoms with van der Waals surface area (Å²) in [5.41, 5.74) is 0.311. The molecule has 0 spiro atoms. The zero-order valence-electron chi connectivity index (χ0n) is 7.98. The second-order valence-corrected chi connectivity index (χ2v) is 4.52. The molecule has 1 aliphatic rings. The maximum atomic E-state index is 5.64. The highest BCUT2D eigenvalue weighted by Gasteiger charge is 2.28. The summed E-state index contributed by atoms with van der Waals surface area (Å²) in [4.78, 5) is 0. The normalized spacial score (nSPS) is 30.8. The molecular weight excluding hydrogens is 138 g/mol. The summed E-state index contributed by atoms with van der Waals surface area (Å²) in [6.45, 7) is 10.7. The van der Waals surface area contributed by atoms with Gasteiger partial charge in [0.15, 0.2) is 0 Å². The van der Waals surface area contributed by atoms with Gasteiger partial charge in [-0.25, -0.2) is 0 Å². The van der Waals surface area contributed by atoms with Crippen LogP contribution in [0.1, 0.15) is 27.7 Å². The minimum atomic E-state index is 0.267. The maximum Gasteiger partial charge on any atom is 0.110 e. The van der Waals surface area contributed by atoms with Gasteiger partial charge in [-0.1, -0.05) is 27.7 Å². The summed E-state index contributed by atoms with van der Waals surface area (Å²) in [5.74, 6) is 0.575. The van der Waals surface area contributed by atoms with Gasteiger partial charge in [0.2, 0.25) is 0 Å². The minimum absolute atomic E-state index is 0.267. The molecule has 11 heavy (non-hydrogen) atoms. The van der Waals surface area contributed by atoms with Gasteiger partial charge in [-0.3, -0.25) is 5.32 Å². The van der Waals surface area contributed by atoms with Crippen LogP contribution >= 0.6 is 0 Å². The molecule has 0 saturated carbocycles. The monoisotopic (exact) mass is 157 g/mol. The van der Waals surface area contributed by atoms with Crippen LogP contribution in [-0.4, -0.2) is 19.4 Å². The van der Waals surface area contributed by atoms with Crippen molar-refractivity contribution in [2.45, 2.75) is 33.9 Å². The number of ether oxygens (including phenoxy) is 1. The fourth-order valence-corrected chi connectivity index (χ4v) is 1.23. The zero-order valence-corrected chi connectivity index (χ0v) is 7.98. The predicted molar refractivity (Wildman–Crippen MR) is 46.4 cm³/mol. The van der Waals surface area contributed by atoms with E-state index in [2.05, 4.69) is 33.0 Å². The summed E-state index contributed by atoms with van der Waals surface area (Å²) in [6.07, 6.45) is 0.267. The van der Waals surface area contributed by atoms with Gasteiger partial charge in [0.25, 0.3) is 0 Å². The van der Waals surface area contributed by atoms with Crippen LogP contribution < -0.4 is 5.32 Å². The highest BCUT2D eigenvalue weighted by molar-refractivity contribution is 4.78.